The minimum atomic E-state index is -3.53. The van der Waals surface area contributed by atoms with Crippen LogP contribution in [0.25, 0.3) is 0 Å². The number of nitrogens with one attached hydrogen (secondary N) is 1. The molecule has 1 aliphatic rings. The van der Waals surface area contributed by atoms with Crippen molar-refractivity contribution in [2.75, 3.05) is 23.1 Å². The number of ether oxygens (including phenoxy) is 2. The first kappa shape index (κ1) is 12.8. The van der Waals surface area contributed by atoms with Gasteiger partial charge in [-0.05, 0) is 15.9 Å². The quantitative estimate of drug-likeness (QED) is 0.855. The van der Waals surface area contributed by atoms with Gasteiger partial charge in [0.15, 0.2) is 11.5 Å². The first-order valence-electron chi connectivity index (χ1n) is 4.67. The minimum Gasteiger partial charge on any atom is -0.486 e. The summed E-state index contributed by atoms with van der Waals surface area (Å²) >= 11 is 8.57. The Bertz CT molecular complexity index is 534. The van der Waals surface area contributed by atoms with Gasteiger partial charge in [-0.25, -0.2) is 8.42 Å². The monoisotopic (exact) mass is 341 g/mol. The summed E-state index contributed by atoms with van der Waals surface area (Å²) in [6, 6.07) is 3.21. The molecule has 0 saturated heterocycles. The molecule has 0 atom stereocenters. The van der Waals surface area contributed by atoms with Crippen LogP contribution in [0.5, 0.6) is 11.5 Å². The molecule has 0 unspecified atom stereocenters. The van der Waals surface area contributed by atoms with Crippen LogP contribution in [0.4, 0.5) is 5.69 Å². The Hall–Kier alpha value is -0.660. The van der Waals surface area contributed by atoms with Gasteiger partial charge in [0.05, 0.1) is 5.69 Å². The van der Waals surface area contributed by atoms with Gasteiger partial charge in [0, 0.05) is 16.6 Å². The lowest BCUT2D eigenvalue weighted by atomic mass is 10.2. The van der Waals surface area contributed by atoms with Gasteiger partial charge in [0.2, 0.25) is 10.0 Å². The second-order valence-corrected chi connectivity index (χ2v) is 6.46. The molecule has 1 aliphatic heterocycles. The lowest BCUT2D eigenvalue weighted by molar-refractivity contribution is 0.171. The van der Waals surface area contributed by atoms with Gasteiger partial charge in [0.25, 0.3) is 0 Å². The highest BCUT2D eigenvalue weighted by Gasteiger charge is 2.17. The molecule has 0 bridgehead atoms. The second kappa shape index (κ2) is 4.91. The topological polar surface area (TPSA) is 64.6 Å². The van der Waals surface area contributed by atoms with Gasteiger partial charge in [-0.15, -0.1) is 11.6 Å². The van der Waals surface area contributed by atoms with Crippen LogP contribution in [0.15, 0.2) is 16.6 Å². The number of sulfonamides is 1. The maximum Gasteiger partial charge on any atom is 0.246 e. The lowest BCUT2D eigenvalue weighted by Crippen LogP contribution is -2.17. The third kappa shape index (κ3) is 2.97. The number of alkyl halides is 1. The summed E-state index contributed by atoms with van der Waals surface area (Å²) in [4.78, 5) is 0. The van der Waals surface area contributed by atoms with Gasteiger partial charge < -0.3 is 9.47 Å². The van der Waals surface area contributed by atoms with E-state index in [1.165, 1.54) is 0 Å². The molecule has 0 aliphatic carbocycles. The Morgan fingerprint density at radius 3 is 2.47 bits per heavy atom. The summed E-state index contributed by atoms with van der Waals surface area (Å²) in [5.41, 5.74) is 0.370. The van der Waals surface area contributed by atoms with E-state index in [0.29, 0.717) is 34.9 Å². The van der Waals surface area contributed by atoms with E-state index < -0.39 is 15.2 Å². The van der Waals surface area contributed by atoms with Crippen LogP contribution >= 0.6 is 27.5 Å². The highest BCUT2D eigenvalue weighted by atomic mass is 79.9. The predicted octanol–water partition coefficient (Wildman–Crippen LogP) is 2.16. The predicted molar refractivity (Wildman–Crippen MR) is 68.4 cm³/mol. The highest BCUT2D eigenvalue weighted by molar-refractivity contribution is 9.10. The summed E-state index contributed by atoms with van der Waals surface area (Å²) in [6.45, 7) is 0.919. The SMILES string of the molecule is O=S(=O)(CCl)Nc1cc2c(cc1Br)OCCO2. The number of anilines is 1. The molecule has 0 radical (unpaired) electrons. The van der Waals surface area contributed by atoms with E-state index in [-0.39, 0.29) is 0 Å². The van der Waals surface area contributed by atoms with Crippen molar-refractivity contribution in [3.05, 3.63) is 16.6 Å². The number of rotatable bonds is 3. The first-order valence-corrected chi connectivity index (χ1v) is 7.65. The standard InChI is InChI=1S/C9H9BrClNO4S/c10-6-3-8-9(16-2-1-15-8)4-7(6)12-17(13,14)5-11/h3-4,12H,1-2,5H2. The van der Waals surface area contributed by atoms with Crippen molar-refractivity contribution in [3.63, 3.8) is 0 Å². The van der Waals surface area contributed by atoms with E-state index >= 15 is 0 Å². The summed E-state index contributed by atoms with van der Waals surface area (Å²) in [5.74, 6) is 1.09. The van der Waals surface area contributed by atoms with Crippen molar-refractivity contribution >= 4 is 43.2 Å². The fourth-order valence-corrected chi connectivity index (χ4v) is 2.61. The van der Waals surface area contributed by atoms with Gasteiger partial charge >= 0.3 is 0 Å². The normalized spacial score (nSPS) is 14.5. The Morgan fingerprint density at radius 2 is 1.88 bits per heavy atom. The molecule has 0 saturated carbocycles. The Morgan fingerprint density at radius 1 is 1.29 bits per heavy atom. The molecule has 17 heavy (non-hydrogen) atoms. The van der Waals surface area contributed by atoms with E-state index in [0.717, 1.165) is 0 Å². The van der Waals surface area contributed by atoms with E-state index in [4.69, 9.17) is 21.1 Å². The van der Waals surface area contributed by atoms with Crippen molar-refractivity contribution in [3.8, 4) is 11.5 Å². The first-order chi connectivity index (χ1) is 8.02. The van der Waals surface area contributed by atoms with Crippen molar-refractivity contribution in [2.45, 2.75) is 0 Å². The van der Waals surface area contributed by atoms with Crippen LogP contribution in [0, 0.1) is 0 Å². The molecular formula is C9H9BrClNO4S. The average Bonchev–Trinajstić information content (AvgIpc) is 2.30. The molecular weight excluding hydrogens is 334 g/mol. The lowest BCUT2D eigenvalue weighted by Gasteiger charge is -2.20. The fourth-order valence-electron chi connectivity index (χ4n) is 1.34. The fraction of sp³-hybridized carbons (Fsp3) is 0.333. The van der Waals surface area contributed by atoms with Crippen molar-refractivity contribution in [1.29, 1.82) is 0 Å². The van der Waals surface area contributed by atoms with Crippen LogP contribution in [-0.4, -0.2) is 26.8 Å². The molecule has 1 N–H and O–H groups in total. The molecule has 8 heteroatoms. The zero-order chi connectivity index (χ0) is 12.5. The number of hydrogen-bond donors (Lipinski definition) is 1. The smallest absolute Gasteiger partial charge is 0.246 e. The number of fused-ring (bicyclic) bond motifs is 1. The third-order valence-corrected chi connectivity index (χ3v) is 4.38. The average molecular weight is 343 g/mol. The molecule has 2 rings (SSSR count). The Kier molecular flexibility index (Phi) is 3.70. The number of hydrogen-bond acceptors (Lipinski definition) is 4. The van der Waals surface area contributed by atoms with E-state index in [9.17, 15) is 8.42 Å². The number of benzene rings is 1. The van der Waals surface area contributed by atoms with Gasteiger partial charge in [-0.3, -0.25) is 4.72 Å². The second-order valence-electron chi connectivity index (χ2n) is 3.30. The largest absolute Gasteiger partial charge is 0.486 e. The maximum absolute atomic E-state index is 11.4. The molecule has 1 aromatic rings. The minimum absolute atomic E-state index is 0.370. The van der Waals surface area contributed by atoms with Gasteiger partial charge in [-0.1, -0.05) is 0 Å². The van der Waals surface area contributed by atoms with Crippen LogP contribution in [0.3, 0.4) is 0 Å². The number of halogens is 2. The molecule has 5 nitrogen and oxygen atoms in total. The molecule has 0 amide bonds. The van der Waals surface area contributed by atoms with Crippen LogP contribution < -0.4 is 14.2 Å². The van der Waals surface area contributed by atoms with Crippen molar-refractivity contribution in [2.24, 2.45) is 0 Å². The van der Waals surface area contributed by atoms with Crippen LogP contribution in [0.2, 0.25) is 0 Å². The molecule has 0 aromatic heterocycles. The van der Waals surface area contributed by atoms with E-state index in [1.54, 1.807) is 12.1 Å². The molecule has 94 valence electrons. The third-order valence-electron chi connectivity index (χ3n) is 2.04. The molecule has 1 aromatic carbocycles. The zero-order valence-corrected chi connectivity index (χ0v) is 11.7. The van der Waals surface area contributed by atoms with Crippen molar-refractivity contribution < 1.29 is 17.9 Å². The van der Waals surface area contributed by atoms with Crippen LogP contribution in [-0.2, 0) is 10.0 Å². The van der Waals surface area contributed by atoms with E-state index in [1.807, 2.05) is 0 Å². The van der Waals surface area contributed by atoms with Gasteiger partial charge in [-0.2, -0.15) is 0 Å². The highest BCUT2D eigenvalue weighted by Crippen LogP contribution is 2.38. The molecule has 0 fully saturated rings. The van der Waals surface area contributed by atoms with Crippen LogP contribution in [0.1, 0.15) is 0 Å². The summed E-state index contributed by atoms with van der Waals surface area (Å²) in [7, 11) is -3.53. The summed E-state index contributed by atoms with van der Waals surface area (Å²) in [6.07, 6.45) is 0. The summed E-state index contributed by atoms with van der Waals surface area (Å²) < 4.78 is 36.3. The summed E-state index contributed by atoms with van der Waals surface area (Å²) in [5, 5.41) is -0.506. The van der Waals surface area contributed by atoms with Gasteiger partial charge in [0.1, 0.15) is 18.4 Å². The van der Waals surface area contributed by atoms with Crippen molar-refractivity contribution in [1.82, 2.24) is 0 Å². The Balaban J connectivity index is 2.35. The molecule has 0 spiro atoms. The van der Waals surface area contributed by atoms with E-state index in [2.05, 4.69) is 20.7 Å². The Labute approximate surface area is 112 Å². The zero-order valence-electron chi connectivity index (χ0n) is 8.57. The molecule has 1 heterocycles. The maximum atomic E-state index is 11.4.